The molecule has 4 aromatic rings. The SMILES string of the molecule is CCC(C)NC(=O)C(Cc1ccccc1)N(Cc1ccc(C)cc1)C(=O)CN(c1cccc(C)c1)S(=O)(=O)c1ccc(C)cc1. The Hall–Kier alpha value is -4.43. The number of anilines is 1. The third kappa shape index (κ3) is 8.82. The fourth-order valence-electron chi connectivity index (χ4n) is 5.03. The maximum Gasteiger partial charge on any atom is 0.264 e. The van der Waals surface area contributed by atoms with Gasteiger partial charge in [-0.15, -0.1) is 0 Å². The van der Waals surface area contributed by atoms with E-state index in [-0.39, 0.29) is 29.8 Å². The molecule has 0 radical (unpaired) electrons. The van der Waals surface area contributed by atoms with Crippen molar-refractivity contribution in [2.45, 2.75) is 71.0 Å². The first-order valence-corrected chi connectivity index (χ1v) is 16.8. The molecule has 0 fully saturated rings. The van der Waals surface area contributed by atoms with Crippen LogP contribution >= 0.6 is 0 Å². The normalized spacial score (nSPS) is 12.6. The largest absolute Gasteiger partial charge is 0.352 e. The van der Waals surface area contributed by atoms with Crippen LogP contribution in [-0.2, 0) is 32.6 Å². The standard InChI is InChI=1S/C37H43N3O4S/c1-6-30(5)38-37(42)35(24-31-12-8-7-9-13-31)39(25-32-19-15-27(2)16-20-32)36(41)26-40(33-14-10-11-29(4)23-33)45(43,44)34-21-17-28(3)18-22-34/h7-23,30,35H,6,24-26H2,1-5H3,(H,38,42). The Bertz CT molecular complexity index is 1690. The second-order valence-corrected chi connectivity index (χ2v) is 13.6. The average molecular weight is 626 g/mol. The molecule has 4 aromatic carbocycles. The molecule has 45 heavy (non-hydrogen) atoms. The first-order valence-electron chi connectivity index (χ1n) is 15.3. The summed E-state index contributed by atoms with van der Waals surface area (Å²) in [4.78, 5) is 30.1. The van der Waals surface area contributed by atoms with Crippen molar-refractivity contribution in [2.24, 2.45) is 0 Å². The molecule has 0 aliphatic heterocycles. The molecule has 7 nitrogen and oxygen atoms in total. The summed E-state index contributed by atoms with van der Waals surface area (Å²) in [7, 11) is -4.14. The molecule has 2 atom stereocenters. The Morgan fingerprint density at radius 3 is 1.98 bits per heavy atom. The maximum absolute atomic E-state index is 14.5. The van der Waals surface area contributed by atoms with E-state index in [4.69, 9.17) is 0 Å². The van der Waals surface area contributed by atoms with Gasteiger partial charge in [-0.25, -0.2) is 8.42 Å². The molecule has 4 rings (SSSR count). The Kier molecular flexibility index (Phi) is 11.2. The molecule has 0 spiro atoms. The lowest BCUT2D eigenvalue weighted by Crippen LogP contribution is -2.54. The molecule has 8 heteroatoms. The van der Waals surface area contributed by atoms with Gasteiger partial charge >= 0.3 is 0 Å². The van der Waals surface area contributed by atoms with E-state index in [1.807, 2.05) is 95.3 Å². The summed E-state index contributed by atoms with van der Waals surface area (Å²) in [6.07, 6.45) is 1.00. The van der Waals surface area contributed by atoms with Crippen molar-refractivity contribution in [3.8, 4) is 0 Å². The van der Waals surface area contributed by atoms with Gasteiger partial charge in [0.25, 0.3) is 10.0 Å². The summed E-state index contributed by atoms with van der Waals surface area (Å²) in [5, 5.41) is 3.07. The summed E-state index contributed by atoms with van der Waals surface area (Å²) < 4.78 is 29.5. The van der Waals surface area contributed by atoms with Crippen LogP contribution in [0.3, 0.4) is 0 Å². The quantitative estimate of drug-likeness (QED) is 0.187. The number of carbonyl (C=O) groups excluding carboxylic acids is 2. The Morgan fingerprint density at radius 1 is 0.756 bits per heavy atom. The van der Waals surface area contributed by atoms with E-state index in [9.17, 15) is 18.0 Å². The van der Waals surface area contributed by atoms with E-state index < -0.39 is 28.5 Å². The van der Waals surface area contributed by atoms with Gasteiger partial charge in [0.1, 0.15) is 12.6 Å². The van der Waals surface area contributed by atoms with Crippen LogP contribution in [-0.4, -0.2) is 43.8 Å². The van der Waals surface area contributed by atoms with Gasteiger partial charge in [-0.3, -0.25) is 13.9 Å². The van der Waals surface area contributed by atoms with Gasteiger partial charge in [0, 0.05) is 19.0 Å². The zero-order valence-corrected chi connectivity index (χ0v) is 27.6. The number of benzene rings is 4. The third-order valence-electron chi connectivity index (χ3n) is 7.92. The lowest BCUT2D eigenvalue weighted by molar-refractivity contribution is -0.140. The number of sulfonamides is 1. The molecule has 236 valence electrons. The molecule has 0 bridgehead atoms. The molecule has 0 heterocycles. The number of amides is 2. The minimum absolute atomic E-state index is 0.0860. The zero-order valence-electron chi connectivity index (χ0n) is 26.7. The molecule has 2 unspecified atom stereocenters. The van der Waals surface area contributed by atoms with Gasteiger partial charge in [0.15, 0.2) is 0 Å². The zero-order chi connectivity index (χ0) is 32.6. The highest BCUT2D eigenvalue weighted by molar-refractivity contribution is 7.92. The van der Waals surface area contributed by atoms with E-state index in [0.29, 0.717) is 5.69 Å². The van der Waals surface area contributed by atoms with Gasteiger partial charge in [-0.05, 0) is 75.1 Å². The van der Waals surface area contributed by atoms with Crippen LogP contribution in [0.25, 0.3) is 0 Å². The number of hydrogen-bond donors (Lipinski definition) is 1. The van der Waals surface area contributed by atoms with Crippen LogP contribution in [0, 0.1) is 20.8 Å². The van der Waals surface area contributed by atoms with E-state index in [2.05, 4.69) is 5.32 Å². The number of aryl methyl sites for hydroxylation is 3. The molecule has 2 amide bonds. The van der Waals surface area contributed by atoms with Crippen molar-refractivity contribution in [1.82, 2.24) is 10.2 Å². The second-order valence-electron chi connectivity index (χ2n) is 11.7. The highest BCUT2D eigenvalue weighted by Gasteiger charge is 2.35. The molecular formula is C37H43N3O4S. The summed E-state index contributed by atoms with van der Waals surface area (Å²) in [5.41, 5.74) is 4.96. The first kappa shape index (κ1) is 33.5. The summed E-state index contributed by atoms with van der Waals surface area (Å²) in [5.74, 6) is -0.759. The van der Waals surface area contributed by atoms with Crippen LogP contribution < -0.4 is 9.62 Å². The fourth-order valence-corrected chi connectivity index (χ4v) is 6.44. The molecule has 0 saturated heterocycles. The molecule has 0 aliphatic carbocycles. The van der Waals surface area contributed by atoms with Crippen molar-refractivity contribution in [3.63, 3.8) is 0 Å². The van der Waals surface area contributed by atoms with Gasteiger partial charge in [0.05, 0.1) is 10.6 Å². The number of rotatable bonds is 13. The van der Waals surface area contributed by atoms with Gasteiger partial charge in [-0.1, -0.05) is 96.9 Å². The van der Waals surface area contributed by atoms with E-state index >= 15 is 0 Å². The van der Waals surface area contributed by atoms with Crippen LogP contribution in [0.15, 0.2) is 108 Å². The first-order chi connectivity index (χ1) is 21.5. The van der Waals surface area contributed by atoms with Crippen LogP contribution in [0.5, 0.6) is 0 Å². The minimum Gasteiger partial charge on any atom is -0.352 e. The van der Waals surface area contributed by atoms with Crippen LogP contribution in [0.1, 0.15) is 48.1 Å². The van der Waals surface area contributed by atoms with E-state index in [1.165, 1.54) is 4.90 Å². The second kappa shape index (κ2) is 15.0. The Morgan fingerprint density at radius 2 is 1.38 bits per heavy atom. The number of nitrogens with one attached hydrogen (secondary N) is 1. The van der Waals surface area contributed by atoms with Crippen LogP contribution in [0.2, 0.25) is 0 Å². The summed E-state index contributed by atoms with van der Waals surface area (Å²) >= 11 is 0. The third-order valence-corrected chi connectivity index (χ3v) is 9.71. The molecule has 0 aromatic heterocycles. The predicted octanol–water partition coefficient (Wildman–Crippen LogP) is 6.36. The maximum atomic E-state index is 14.5. The van der Waals surface area contributed by atoms with Crippen molar-refractivity contribution in [3.05, 3.63) is 131 Å². The fraction of sp³-hybridized carbons (Fsp3) is 0.297. The van der Waals surface area contributed by atoms with Crippen molar-refractivity contribution < 1.29 is 18.0 Å². The predicted molar refractivity (Wildman–Crippen MR) is 180 cm³/mol. The topological polar surface area (TPSA) is 86.8 Å². The molecule has 1 N–H and O–H groups in total. The lowest BCUT2D eigenvalue weighted by Gasteiger charge is -2.34. The summed E-state index contributed by atoms with van der Waals surface area (Å²) in [6.45, 7) is 9.32. The minimum atomic E-state index is -4.14. The smallest absolute Gasteiger partial charge is 0.264 e. The molecule has 0 saturated carbocycles. The highest BCUT2D eigenvalue weighted by Crippen LogP contribution is 2.26. The molecule has 0 aliphatic rings. The van der Waals surface area contributed by atoms with Gasteiger partial charge < -0.3 is 10.2 Å². The number of carbonyl (C=O) groups is 2. The molecular weight excluding hydrogens is 582 g/mol. The number of nitrogens with zero attached hydrogens (tertiary/aromatic N) is 2. The van der Waals surface area contributed by atoms with Gasteiger partial charge in [-0.2, -0.15) is 0 Å². The van der Waals surface area contributed by atoms with E-state index in [1.54, 1.807) is 42.5 Å². The lowest BCUT2D eigenvalue weighted by atomic mass is 10.0. The number of hydrogen-bond acceptors (Lipinski definition) is 4. The van der Waals surface area contributed by atoms with Crippen molar-refractivity contribution >= 4 is 27.5 Å². The Balaban J connectivity index is 1.80. The van der Waals surface area contributed by atoms with Crippen LogP contribution in [0.4, 0.5) is 5.69 Å². The monoisotopic (exact) mass is 625 g/mol. The Labute approximate surface area is 268 Å². The van der Waals surface area contributed by atoms with Crippen molar-refractivity contribution in [2.75, 3.05) is 10.8 Å². The average Bonchev–Trinajstić information content (AvgIpc) is 3.02. The van der Waals surface area contributed by atoms with Gasteiger partial charge in [0.2, 0.25) is 11.8 Å². The highest BCUT2D eigenvalue weighted by atomic mass is 32.2. The summed E-state index contributed by atoms with van der Waals surface area (Å²) in [6, 6.07) is 30.1. The van der Waals surface area contributed by atoms with E-state index in [0.717, 1.165) is 38.5 Å². The van der Waals surface area contributed by atoms with Crippen molar-refractivity contribution in [1.29, 1.82) is 0 Å².